The molecule has 0 aromatic heterocycles. The molecule has 156 valence electrons. The number of imide groups is 1. The lowest BCUT2D eigenvalue weighted by Crippen LogP contribution is -2.49. The first-order chi connectivity index (χ1) is 13.9. The number of piperidine rings is 1. The number of halogens is 1. The summed E-state index contributed by atoms with van der Waals surface area (Å²) in [6.45, 7) is 2.97. The number of carbonyl (C=O) groups is 3. The molecule has 0 radical (unpaired) electrons. The lowest BCUT2D eigenvalue weighted by Gasteiger charge is -2.41. The average molecular weight is 401 g/mol. The summed E-state index contributed by atoms with van der Waals surface area (Å²) in [5.74, 6) is 0.213. The molecule has 3 fully saturated rings. The highest BCUT2D eigenvalue weighted by Crippen LogP contribution is 2.36. The van der Waals surface area contributed by atoms with Crippen LogP contribution in [0.25, 0.3) is 0 Å². The highest BCUT2D eigenvalue weighted by molar-refractivity contribution is 6.09. The van der Waals surface area contributed by atoms with Gasteiger partial charge in [-0.15, -0.1) is 0 Å². The maximum atomic E-state index is 13.3. The number of rotatable bonds is 4. The third kappa shape index (κ3) is 3.51. The van der Waals surface area contributed by atoms with Gasteiger partial charge >= 0.3 is 6.03 Å². The fourth-order valence-electron chi connectivity index (χ4n) is 5.21. The summed E-state index contributed by atoms with van der Waals surface area (Å²) in [4.78, 5) is 41.5. The summed E-state index contributed by atoms with van der Waals surface area (Å²) in [7, 11) is 0. The molecule has 1 aromatic carbocycles. The van der Waals surface area contributed by atoms with Crippen molar-refractivity contribution in [3.63, 3.8) is 0 Å². The van der Waals surface area contributed by atoms with Gasteiger partial charge in [-0.2, -0.15) is 0 Å². The van der Waals surface area contributed by atoms with Crippen LogP contribution in [0.15, 0.2) is 24.3 Å². The third-order valence-corrected chi connectivity index (χ3v) is 6.98. The van der Waals surface area contributed by atoms with Crippen molar-refractivity contribution >= 4 is 17.8 Å². The molecule has 0 bridgehead atoms. The Morgan fingerprint density at radius 3 is 2.52 bits per heavy atom. The largest absolute Gasteiger partial charge is 0.341 e. The number of hydrogen-bond donors (Lipinski definition) is 1. The quantitative estimate of drug-likeness (QED) is 0.789. The number of likely N-dealkylation sites (tertiary alicyclic amines) is 1. The van der Waals surface area contributed by atoms with Gasteiger partial charge in [-0.25, -0.2) is 9.18 Å². The van der Waals surface area contributed by atoms with E-state index in [1.807, 2.05) is 4.90 Å². The van der Waals surface area contributed by atoms with Gasteiger partial charge in [-0.05, 0) is 48.8 Å². The summed E-state index contributed by atoms with van der Waals surface area (Å²) in [5.41, 5.74) is -0.723. The first-order valence-electron chi connectivity index (χ1n) is 10.6. The van der Waals surface area contributed by atoms with Crippen LogP contribution in [0.3, 0.4) is 0 Å². The van der Waals surface area contributed by atoms with E-state index in [1.165, 1.54) is 43.5 Å². The molecule has 3 aliphatic rings. The van der Waals surface area contributed by atoms with E-state index in [0.717, 1.165) is 24.3 Å². The molecule has 2 aliphatic heterocycles. The standard InChI is InChI=1S/C22H28FN3O3/c1-2-22(17-7-9-18(23)10-8-17)20(28)26(21(29)24-22)14-19(27)25-12-11-15-5-3-4-6-16(15)13-25/h7-10,15-16H,2-6,11-14H2,1H3,(H,24,29)/t15-,16-,22+/m1/s1. The predicted molar refractivity (Wildman–Crippen MR) is 105 cm³/mol. The van der Waals surface area contributed by atoms with Crippen molar-refractivity contribution in [2.24, 2.45) is 11.8 Å². The average Bonchev–Trinajstić information content (AvgIpc) is 2.99. The summed E-state index contributed by atoms with van der Waals surface area (Å²) < 4.78 is 13.3. The molecule has 0 spiro atoms. The Bertz CT molecular complexity index is 812. The molecule has 1 saturated carbocycles. The molecule has 1 N–H and O–H groups in total. The van der Waals surface area contributed by atoms with Crippen LogP contribution in [0.5, 0.6) is 0 Å². The smallest absolute Gasteiger partial charge is 0.325 e. The van der Waals surface area contributed by atoms with E-state index in [-0.39, 0.29) is 12.5 Å². The van der Waals surface area contributed by atoms with Crippen LogP contribution >= 0.6 is 0 Å². The summed E-state index contributed by atoms with van der Waals surface area (Å²) in [6.07, 6.45) is 6.22. The normalized spacial score (nSPS) is 29.6. The van der Waals surface area contributed by atoms with E-state index in [1.54, 1.807) is 6.92 Å². The van der Waals surface area contributed by atoms with E-state index in [0.29, 0.717) is 30.4 Å². The van der Waals surface area contributed by atoms with E-state index < -0.39 is 23.3 Å². The van der Waals surface area contributed by atoms with Crippen LogP contribution in [-0.2, 0) is 15.1 Å². The van der Waals surface area contributed by atoms with Gasteiger partial charge < -0.3 is 10.2 Å². The summed E-state index contributed by atoms with van der Waals surface area (Å²) >= 11 is 0. The van der Waals surface area contributed by atoms with Crippen LogP contribution in [0.2, 0.25) is 0 Å². The zero-order valence-electron chi connectivity index (χ0n) is 16.8. The minimum absolute atomic E-state index is 0.177. The van der Waals surface area contributed by atoms with Gasteiger partial charge in [-0.1, -0.05) is 38.3 Å². The van der Waals surface area contributed by atoms with Crippen LogP contribution in [-0.4, -0.2) is 47.3 Å². The zero-order chi connectivity index (χ0) is 20.6. The number of benzene rings is 1. The van der Waals surface area contributed by atoms with Crippen molar-refractivity contribution in [1.29, 1.82) is 0 Å². The second-order valence-corrected chi connectivity index (χ2v) is 8.52. The molecular weight excluding hydrogens is 373 g/mol. The molecule has 4 rings (SSSR count). The topological polar surface area (TPSA) is 69.7 Å². The highest BCUT2D eigenvalue weighted by Gasteiger charge is 2.52. The fourth-order valence-corrected chi connectivity index (χ4v) is 5.21. The first kappa shape index (κ1) is 19.9. The van der Waals surface area contributed by atoms with Gasteiger partial charge in [0.25, 0.3) is 5.91 Å². The van der Waals surface area contributed by atoms with Gasteiger partial charge in [0, 0.05) is 13.1 Å². The Morgan fingerprint density at radius 1 is 1.14 bits per heavy atom. The molecule has 2 heterocycles. The first-order valence-corrected chi connectivity index (χ1v) is 10.6. The molecule has 7 heteroatoms. The van der Waals surface area contributed by atoms with Crippen molar-refractivity contribution in [3.05, 3.63) is 35.6 Å². The number of carbonyl (C=O) groups excluding carboxylic acids is 3. The van der Waals surface area contributed by atoms with Crippen molar-refractivity contribution in [1.82, 2.24) is 15.1 Å². The Balaban J connectivity index is 1.47. The minimum Gasteiger partial charge on any atom is -0.341 e. The second-order valence-electron chi connectivity index (χ2n) is 8.52. The molecular formula is C22H28FN3O3. The number of nitrogens with one attached hydrogen (secondary N) is 1. The molecule has 1 aliphatic carbocycles. The predicted octanol–water partition coefficient (Wildman–Crippen LogP) is 3.02. The molecule has 0 unspecified atom stereocenters. The third-order valence-electron chi connectivity index (χ3n) is 6.98. The van der Waals surface area contributed by atoms with Crippen molar-refractivity contribution in [2.45, 2.75) is 51.0 Å². The monoisotopic (exact) mass is 401 g/mol. The van der Waals surface area contributed by atoms with Gasteiger partial charge in [0.05, 0.1) is 0 Å². The van der Waals surface area contributed by atoms with Crippen LogP contribution < -0.4 is 5.32 Å². The summed E-state index contributed by atoms with van der Waals surface area (Å²) in [6, 6.07) is 5.00. The van der Waals surface area contributed by atoms with E-state index in [9.17, 15) is 18.8 Å². The highest BCUT2D eigenvalue weighted by atomic mass is 19.1. The SMILES string of the molecule is CC[C@@]1(c2ccc(F)cc2)NC(=O)N(CC(=O)N2CC[C@H]3CCCC[C@@H]3C2)C1=O. The molecule has 4 amide bonds. The lowest BCUT2D eigenvalue weighted by molar-refractivity contribution is -0.141. The number of nitrogens with zero attached hydrogens (tertiary/aromatic N) is 2. The Labute approximate surface area is 170 Å². The van der Waals surface area contributed by atoms with E-state index >= 15 is 0 Å². The second kappa shape index (κ2) is 7.76. The van der Waals surface area contributed by atoms with Crippen LogP contribution in [0.1, 0.15) is 51.0 Å². The van der Waals surface area contributed by atoms with Crippen LogP contribution in [0, 0.1) is 17.7 Å². The van der Waals surface area contributed by atoms with Gasteiger partial charge in [0.15, 0.2) is 0 Å². The van der Waals surface area contributed by atoms with E-state index in [4.69, 9.17) is 0 Å². The van der Waals surface area contributed by atoms with Gasteiger partial charge in [0.1, 0.15) is 17.9 Å². The van der Waals surface area contributed by atoms with Crippen molar-refractivity contribution in [3.8, 4) is 0 Å². The van der Waals surface area contributed by atoms with Gasteiger partial charge in [-0.3, -0.25) is 14.5 Å². The van der Waals surface area contributed by atoms with Crippen molar-refractivity contribution < 1.29 is 18.8 Å². The molecule has 3 atom stereocenters. The molecule has 6 nitrogen and oxygen atoms in total. The Morgan fingerprint density at radius 2 is 1.83 bits per heavy atom. The minimum atomic E-state index is -1.25. The Hall–Kier alpha value is -2.44. The maximum Gasteiger partial charge on any atom is 0.325 e. The lowest BCUT2D eigenvalue weighted by atomic mass is 9.75. The number of amides is 4. The van der Waals surface area contributed by atoms with Crippen LogP contribution in [0.4, 0.5) is 9.18 Å². The number of fused-ring (bicyclic) bond motifs is 1. The van der Waals surface area contributed by atoms with Crippen molar-refractivity contribution in [2.75, 3.05) is 19.6 Å². The molecule has 1 aromatic rings. The molecule has 2 saturated heterocycles. The number of urea groups is 1. The fraction of sp³-hybridized carbons (Fsp3) is 0.591. The van der Waals surface area contributed by atoms with Gasteiger partial charge in [0.2, 0.25) is 5.91 Å². The maximum absolute atomic E-state index is 13.3. The Kier molecular flexibility index (Phi) is 5.32. The summed E-state index contributed by atoms with van der Waals surface area (Å²) in [5, 5.41) is 2.75. The molecule has 29 heavy (non-hydrogen) atoms. The zero-order valence-corrected chi connectivity index (χ0v) is 16.8. The number of hydrogen-bond acceptors (Lipinski definition) is 3. The van der Waals surface area contributed by atoms with E-state index in [2.05, 4.69) is 5.32 Å².